The molecule has 0 bridgehead atoms. The third-order valence-corrected chi connectivity index (χ3v) is 2.55. The van der Waals surface area contributed by atoms with Crippen LogP contribution in [0.15, 0.2) is 30.6 Å². The van der Waals surface area contributed by atoms with Crippen LogP contribution in [0.3, 0.4) is 0 Å². The standard InChI is InChI=1S/C12H15N5O/c13-10-5-2-1-4-9(10)12(18)14-7-3-6-11-15-8-16-17-11/h1-2,4-5,8H,3,6-7,13H2,(H,14,18)(H,15,16,17). The van der Waals surface area contributed by atoms with Crippen molar-refractivity contribution in [3.05, 3.63) is 42.0 Å². The van der Waals surface area contributed by atoms with Crippen LogP contribution in [0.5, 0.6) is 0 Å². The Kier molecular flexibility index (Phi) is 3.90. The number of carbonyl (C=O) groups excluding carboxylic acids is 1. The molecular formula is C12H15N5O. The van der Waals surface area contributed by atoms with E-state index >= 15 is 0 Å². The van der Waals surface area contributed by atoms with Crippen molar-refractivity contribution in [3.63, 3.8) is 0 Å². The number of nitrogen functional groups attached to an aromatic ring is 1. The topological polar surface area (TPSA) is 96.7 Å². The molecule has 1 aromatic heterocycles. The van der Waals surface area contributed by atoms with Gasteiger partial charge in [0.25, 0.3) is 5.91 Å². The highest BCUT2D eigenvalue weighted by Gasteiger charge is 2.07. The molecule has 94 valence electrons. The van der Waals surface area contributed by atoms with Gasteiger partial charge in [-0.3, -0.25) is 9.89 Å². The van der Waals surface area contributed by atoms with E-state index in [0.717, 1.165) is 18.7 Å². The molecule has 18 heavy (non-hydrogen) atoms. The monoisotopic (exact) mass is 245 g/mol. The number of aromatic amines is 1. The van der Waals surface area contributed by atoms with Crippen LogP contribution < -0.4 is 11.1 Å². The van der Waals surface area contributed by atoms with E-state index in [-0.39, 0.29) is 5.91 Å². The molecule has 6 nitrogen and oxygen atoms in total. The minimum absolute atomic E-state index is 0.148. The van der Waals surface area contributed by atoms with Gasteiger partial charge in [-0.05, 0) is 18.6 Å². The van der Waals surface area contributed by atoms with Gasteiger partial charge in [-0.1, -0.05) is 12.1 Å². The fourth-order valence-electron chi connectivity index (χ4n) is 1.61. The van der Waals surface area contributed by atoms with Gasteiger partial charge >= 0.3 is 0 Å². The van der Waals surface area contributed by atoms with Crippen LogP contribution >= 0.6 is 0 Å². The number of nitrogens with one attached hydrogen (secondary N) is 2. The lowest BCUT2D eigenvalue weighted by atomic mass is 10.1. The van der Waals surface area contributed by atoms with E-state index in [4.69, 9.17) is 5.73 Å². The lowest BCUT2D eigenvalue weighted by Gasteiger charge is -2.06. The third kappa shape index (κ3) is 3.07. The molecule has 2 rings (SSSR count). The fraction of sp³-hybridized carbons (Fsp3) is 0.250. The van der Waals surface area contributed by atoms with Gasteiger partial charge < -0.3 is 11.1 Å². The Morgan fingerprint density at radius 3 is 2.94 bits per heavy atom. The predicted molar refractivity (Wildman–Crippen MR) is 67.9 cm³/mol. The van der Waals surface area contributed by atoms with Crippen molar-refractivity contribution in [1.29, 1.82) is 0 Å². The normalized spacial score (nSPS) is 10.2. The summed E-state index contributed by atoms with van der Waals surface area (Å²) >= 11 is 0. The maximum atomic E-state index is 11.8. The van der Waals surface area contributed by atoms with Gasteiger partial charge in [-0.15, -0.1) is 0 Å². The minimum atomic E-state index is -0.148. The van der Waals surface area contributed by atoms with E-state index < -0.39 is 0 Å². The molecule has 1 amide bonds. The maximum Gasteiger partial charge on any atom is 0.253 e. The van der Waals surface area contributed by atoms with Gasteiger partial charge in [0.1, 0.15) is 12.2 Å². The van der Waals surface area contributed by atoms with Gasteiger partial charge in [-0.2, -0.15) is 5.10 Å². The Hall–Kier alpha value is -2.37. The molecule has 4 N–H and O–H groups in total. The summed E-state index contributed by atoms with van der Waals surface area (Å²) in [6, 6.07) is 7.01. The number of para-hydroxylation sites is 1. The summed E-state index contributed by atoms with van der Waals surface area (Å²) in [4.78, 5) is 15.8. The van der Waals surface area contributed by atoms with E-state index in [2.05, 4.69) is 20.5 Å². The average Bonchev–Trinajstić information content (AvgIpc) is 2.88. The molecule has 0 atom stereocenters. The Labute approximate surface area is 105 Å². The zero-order valence-corrected chi connectivity index (χ0v) is 9.89. The summed E-state index contributed by atoms with van der Waals surface area (Å²) in [5.41, 5.74) is 6.72. The number of rotatable bonds is 5. The Balaban J connectivity index is 1.77. The van der Waals surface area contributed by atoms with Crippen molar-refractivity contribution in [2.45, 2.75) is 12.8 Å². The Morgan fingerprint density at radius 2 is 2.22 bits per heavy atom. The molecule has 0 aliphatic heterocycles. The van der Waals surface area contributed by atoms with Crippen molar-refractivity contribution in [3.8, 4) is 0 Å². The van der Waals surface area contributed by atoms with Gasteiger partial charge in [0, 0.05) is 18.7 Å². The first kappa shape index (κ1) is 12.1. The number of H-pyrrole nitrogens is 1. The number of hydrogen-bond donors (Lipinski definition) is 3. The van der Waals surface area contributed by atoms with E-state index in [1.54, 1.807) is 24.3 Å². The molecule has 0 spiro atoms. The Bertz CT molecular complexity index is 509. The number of aryl methyl sites for hydroxylation is 1. The first-order chi connectivity index (χ1) is 8.77. The van der Waals surface area contributed by atoms with E-state index in [1.165, 1.54) is 6.33 Å². The van der Waals surface area contributed by atoms with Crippen LogP contribution in [0.1, 0.15) is 22.6 Å². The summed E-state index contributed by atoms with van der Waals surface area (Å²) in [6.07, 6.45) is 3.02. The average molecular weight is 245 g/mol. The summed E-state index contributed by atoms with van der Waals surface area (Å²) in [6.45, 7) is 0.577. The van der Waals surface area contributed by atoms with Crippen molar-refractivity contribution in [2.75, 3.05) is 12.3 Å². The number of benzene rings is 1. The second-order valence-corrected chi connectivity index (χ2v) is 3.88. The van der Waals surface area contributed by atoms with Gasteiger partial charge in [0.05, 0.1) is 5.56 Å². The molecule has 0 fully saturated rings. The number of nitrogens with zero attached hydrogens (tertiary/aromatic N) is 2. The van der Waals surface area contributed by atoms with Crippen molar-refractivity contribution in [1.82, 2.24) is 20.5 Å². The molecule has 0 unspecified atom stereocenters. The quantitative estimate of drug-likeness (QED) is 0.535. The second kappa shape index (κ2) is 5.81. The lowest BCUT2D eigenvalue weighted by Crippen LogP contribution is -2.25. The van der Waals surface area contributed by atoms with Crippen LogP contribution in [-0.4, -0.2) is 27.6 Å². The molecule has 0 saturated heterocycles. The van der Waals surface area contributed by atoms with Gasteiger partial charge in [-0.25, -0.2) is 4.98 Å². The third-order valence-electron chi connectivity index (χ3n) is 2.55. The molecule has 2 aromatic rings. The summed E-state index contributed by atoms with van der Waals surface area (Å²) < 4.78 is 0. The molecule has 0 saturated carbocycles. The summed E-state index contributed by atoms with van der Waals surface area (Å²) in [5.74, 6) is 0.675. The Morgan fingerprint density at radius 1 is 1.39 bits per heavy atom. The molecule has 0 aliphatic rings. The van der Waals surface area contributed by atoms with E-state index in [9.17, 15) is 4.79 Å². The van der Waals surface area contributed by atoms with Gasteiger partial charge in [0.15, 0.2) is 0 Å². The first-order valence-electron chi connectivity index (χ1n) is 5.74. The van der Waals surface area contributed by atoms with Crippen molar-refractivity contribution < 1.29 is 4.79 Å². The number of nitrogens with two attached hydrogens (primary N) is 1. The molecule has 0 radical (unpaired) electrons. The second-order valence-electron chi connectivity index (χ2n) is 3.88. The molecule has 0 aliphatic carbocycles. The highest BCUT2D eigenvalue weighted by molar-refractivity contribution is 5.98. The zero-order valence-electron chi connectivity index (χ0n) is 9.89. The molecule has 1 heterocycles. The lowest BCUT2D eigenvalue weighted by molar-refractivity contribution is 0.0954. The first-order valence-corrected chi connectivity index (χ1v) is 5.74. The highest BCUT2D eigenvalue weighted by atomic mass is 16.1. The number of aromatic nitrogens is 3. The number of hydrogen-bond acceptors (Lipinski definition) is 4. The molecule has 6 heteroatoms. The van der Waals surface area contributed by atoms with Crippen LogP contribution in [-0.2, 0) is 6.42 Å². The van der Waals surface area contributed by atoms with Crippen molar-refractivity contribution >= 4 is 11.6 Å². The predicted octanol–water partition coefficient (Wildman–Crippen LogP) is 0.749. The maximum absolute atomic E-state index is 11.8. The molecular weight excluding hydrogens is 230 g/mol. The van der Waals surface area contributed by atoms with Crippen LogP contribution in [0.25, 0.3) is 0 Å². The fourth-order valence-corrected chi connectivity index (χ4v) is 1.61. The smallest absolute Gasteiger partial charge is 0.253 e. The van der Waals surface area contributed by atoms with E-state index in [0.29, 0.717) is 17.8 Å². The number of carbonyl (C=O) groups is 1. The number of amides is 1. The van der Waals surface area contributed by atoms with Crippen LogP contribution in [0.2, 0.25) is 0 Å². The highest BCUT2D eigenvalue weighted by Crippen LogP contribution is 2.09. The summed E-state index contributed by atoms with van der Waals surface area (Å²) in [5, 5.41) is 9.35. The van der Waals surface area contributed by atoms with Crippen LogP contribution in [0.4, 0.5) is 5.69 Å². The molecule has 1 aromatic carbocycles. The minimum Gasteiger partial charge on any atom is -0.398 e. The number of anilines is 1. The zero-order chi connectivity index (χ0) is 12.8. The van der Waals surface area contributed by atoms with E-state index in [1.807, 2.05) is 0 Å². The largest absolute Gasteiger partial charge is 0.398 e. The van der Waals surface area contributed by atoms with Crippen LogP contribution in [0, 0.1) is 0 Å². The summed E-state index contributed by atoms with van der Waals surface area (Å²) in [7, 11) is 0. The van der Waals surface area contributed by atoms with Gasteiger partial charge in [0.2, 0.25) is 0 Å². The van der Waals surface area contributed by atoms with Crippen molar-refractivity contribution in [2.24, 2.45) is 0 Å². The SMILES string of the molecule is Nc1ccccc1C(=O)NCCCc1ncn[nH]1.